The summed E-state index contributed by atoms with van der Waals surface area (Å²) in [4.78, 5) is 12.2. The number of hydrogen-bond donors (Lipinski definition) is 2. The summed E-state index contributed by atoms with van der Waals surface area (Å²) < 4.78 is 0.854. The molecule has 0 radical (unpaired) electrons. The van der Waals surface area contributed by atoms with Crippen LogP contribution >= 0.6 is 27.5 Å². The second-order valence-corrected chi connectivity index (χ2v) is 6.00. The molecule has 98 valence electrons. The zero-order valence-electron chi connectivity index (χ0n) is 10.2. The second-order valence-electron chi connectivity index (χ2n) is 4.67. The van der Waals surface area contributed by atoms with Gasteiger partial charge in [0.15, 0.2) is 0 Å². The molecule has 1 heterocycles. The van der Waals surface area contributed by atoms with E-state index in [1.807, 2.05) is 6.07 Å². The Morgan fingerprint density at radius 3 is 3.06 bits per heavy atom. The Balaban J connectivity index is 2.09. The number of halogens is 2. The van der Waals surface area contributed by atoms with Crippen molar-refractivity contribution in [3.63, 3.8) is 0 Å². The average Bonchev–Trinajstić information content (AvgIpc) is 2.35. The Hall–Kier alpha value is -0.580. The highest BCUT2D eigenvalue weighted by molar-refractivity contribution is 9.10. The quantitative estimate of drug-likeness (QED) is 0.875. The van der Waals surface area contributed by atoms with Crippen molar-refractivity contribution in [2.24, 2.45) is 5.92 Å². The van der Waals surface area contributed by atoms with E-state index in [2.05, 4.69) is 33.5 Å². The molecule has 0 bridgehead atoms. The summed E-state index contributed by atoms with van der Waals surface area (Å²) in [5, 5.41) is 6.82. The smallest absolute Gasteiger partial charge is 0.253 e. The molecular weight excluding hydrogens is 316 g/mol. The van der Waals surface area contributed by atoms with Crippen molar-refractivity contribution in [2.75, 3.05) is 13.1 Å². The van der Waals surface area contributed by atoms with Crippen LogP contribution in [0.3, 0.4) is 0 Å². The first kappa shape index (κ1) is 13.8. The van der Waals surface area contributed by atoms with Crippen molar-refractivity contribution >= 4 is 33.4 Å². The Bertz CT molecular complexity index is 453. The van der Waals surface area contributed by atoms with Gasteiger partial charge >= 0.3 is 0 Å². The van der Waals surface area contributed by atoms with Crippen LogP contribution in [0, 0.1) is 5.92 Å². The van der Waals surface area contributed by atoms with E-state index in [1.165, 1.54) is 0 Å². The maximum atomic E-state index is 12.2. The van der Waals surface area contributed by atoms with Crippen LogP contribution in [0.1, 0.15) is 23.7 Å². The van der Waals surface area contributed by atoms with Gasteiger partial charge in [-0.2, -0.15) is 0 Å². The molecule has 18 heavy (non-hydrogen) atoms. The van der Waals surface area contributed by atoms with Crippen molar-refractivity contribution in [3.05, 3.63) is 33.3 Å². The molecule has 5 heteroatoms. The Labute approximate surface area is 120 Å². The van der Waals surface area contributed by atoms with Gasteiger partial charge in [0.2, 0.25) is 0 Å². The van der Waals surface area contributed by atoms with E-state index < -0.39 is 0 Å². The topological polar surface area (TPSA) is 41.1 Å². The lowest BCUT2D eigenvalue weighted by atomic mass is 9.94. The highest BCUT2D eigenvalue weighted by Crippen LogP contribution is 2.21. The molecule has 3 nitrogen and oxygen atoms in total. The third-order valence-corrected chi connectivity index (χ3v) is 4.14. The van der Waals surface area contributed by atoms with Crippen LogP contribution in [0.4, 0.5) is 0 Å². The minimum atomic E-state index is -0.109. The first-order chi connectivity index (χ1) is 8.58. The van der Waals surface area contributed by atoms with E-state index in [9.17, 15) is 4.79 Å². The van der Waals surface area contributed by atoms with Crippen LogP contribution < -0.4 is 10.6 Å². The molecule has 1 amide bonds. The van der Waals surface area contributed by atoms with Gasteiger partial charge in [-0.25, -0.2) is 0 Å². The number of carbonyl (C=O) groups is 1. The van der Waals surface area contributed by atoms with Gasteiger partial charge in [-0.05, 0) is 37.1 Å². The van der Waals surface area contributed by atoms with Crippen molar-refractivity contribution in [3.8, 4) is 0 Å². The number of nitrogens with one attached hydrogen (secondary N) is 2. The second kappa shape index (κ2) is 6.04. The number of hydrogen-bond acceptors (Lipinski definition) is 2. The number of amides is 1. The van der Waals surface area contributed by atoms with Crippen molar-refractivity contribution in [1.82, 2.24) is 10.6 Å². The zero-order valence-corrected chi connectivity index (χ0v) is 12.5. The fraction of sp³-hybridized carbons (Fsp3) is 0.462. The monoisotopic (exact) mass is 330 g/mol. The molecule has 2 atom stereocenters. The molecule has 0 aromatic heterocycles. The van der Waals surface area contributed by atoms with Gasteiger partial charge < -0.3 is 10.6 Å². The fourth-order valence-electron chi connectivity index (χ4n) is 2.10. The Morgan fingerprint density at radius 2 is 2.33 bits per heavy atom. The lowest BCUT2D eigenvalue weighted by Gasteiger charge is -2.30. The van der Waals surface area contributed by atoms with Gasteiger partial charge in [-0.3, -0.25) is 4.79 Å². The van der Waals surface area contributed by atoms with E-state index in [0.717, 1.165) is 24.0 Å². The summed E-state index contributed by atoms with van der Waals surface area (Å²) in [7, 11) is 0. The van der Waals surface area contributed by atoms with Crippen LogP contribution in [0.15, 0.2) is 22.7 Å². The molecule has 1 aliphatic rings. The van der Waals surface area contributed by atoms with E-state index in [-0.39, 0.29) is 11.9 Å². The minimum absolute atomic E-state index is 0.109. The molecule has 2 N–H and O–H groups in total. The largest absolute Gasteiger partial charge is 0.348 e. The lowest BCUT2D eigenvalue weighted by molar-refractivity contribution is 0.0915. The number of piperidine rings is 1. The summed E-state index contributed by atoms with van der Waals surface area (Å²) >= 11 is 9.40. The van der Waals surface area contributed by atoms with Crippen molar-refractivity contribution < 1.29 is 4.79 Å². The van der Waals surface area contributed by atoms with Crippen LogP contribution in [0.25, 0.3) is 0 Å². The number of benzene rings is 1. The summed E-state index contributed by atoms with van der Waals surface area (Å²) in [5.41, 5.74) is 0.517. The predicted octanol–water partition coefficient (Wildman–Crippen LogP) is 2.83. The highest BCUT2D eigenvalue weighted by atomic mass is 79.9. The van der Waals surface area contributed by atoms with E-state index in [0.29, 0.717) is 16.5 Å². The third kappa shape index (κ3) is 3.25. The molecular formula is C13H16BrClN2O. The Morgan fingerprint density at radius 1 is 1.56 bits per heavy atom. The van der Waals surface area contributed by atoms with E-state index in [4.69, 9.17) is 11.6 Å². The summed E-state index contributed by atoms with van der Waals surface area (Å²) in [5.74, 6) is 0.378. The van der Waals surface area contributed by atoms with Gasteiger partial charge in [-0.15, -0.1) is 0 Å². The van der Waals surface area contributed by atoms with E-state index in [1.54, 1.807) is 12.1 Å². The van der Waals surface area contributed by atoms with Crippen LogP contribution in [0.2, 0.25) is 5.02 Å². The molecule has 0 saturated carbocycles. The van der Waals surface area contributed by atoms with Gasteiger partial charge in [0.1, 0.15) is 0 Å². The third-order valence-electron chi connectivity index (χ3n) is 3.32. The molecule has 0 aliphatic carbocycles. The predicted molar refractivity (Wildman–Crippen MR) is 77.1 cm³/mol. The Kier molecular flexibility index (Phi) is 4.65. The summed E-state index contributed by atoms with van der Waals surface area (Å²) in [6.45, 7) is 4.00. The van der Waals surface area contributed by atoms with Crippen molar-refractivity contribution in [2.45, 2.75) is 19.4 Å². The number of rotatable bonds is 2. The molecule has 2 rings (SSSR count). The molecule has 2 unspecified atom stereocenters. The molecule has 0 spiro atoms. The van der Waals surface area contributed by atoms with Crippen LogP contribution in [-0.2, 0) is 0 Å². The highest BCUT2D eigenvalue weighted by Gasteiger charge is 2.23. The van der Waals surface area contributed by atoms with Gasteiger partial charge in [-0.1, -0.05) is 34.5 Å². The van der Waals surface area contributed by atoms with Gasteiger partial charge in [0.25, 0.3) is 5.91 Å². The van der Waals surface area contributed by atoms with Crippen LogP contribution in [0.5, 0.6) is 0 Å². The maximum Gasteiger partial charge on any atom is 0.253 e. The minimum Gasteiger partial charge on any atom is -0.348 e. The molecule has 1 aromatic rings. The molecule has 1 fully saturated rings. The molecule has 1 aromatic carbocycles. The first-order valence-electron chi connectivity index (χ1n) is 6.04. The number of carbonyl (C=O) groups excluding carboxylic acids is 1. The maximum absolute atomic E-state index is 12.2. The van der Waals surface area contributed by atoms with Crippen LogP contribution in [-0.4, -0.2) is 25.0 Å². The first-order valence-corrected chi connectivity index (χ1v) is 7.21. The fourth-order valence-corrected chi connectivity index (χ4v) is 2.67. The SMILES string of the molecule is CC1CCNCC1NC(=O)c1cc(Br)ccc1Cl. The summed E-state index contributed by atoms with van der Waals surface area (Å²) in [6.07, 6.45) is 1.08. The van der Waals surface area contributed by atoms with E-state index >= 15 is 0 Å². The lowest BCUT2D eigenvalue weighted by Crippen LogP contribution is -2.50. The average molecular weight is 332 g/mol. The van der Waals surface area contributed by atoms with Gasteiger partial charge in [0, 0.05) is 17.1 Å². The normalized spacial score (nSPS) is 23.7. The zero-order chi connectivity index (χ0) is 13.1. The summed E-state index contributed by atoms with van der Waals surface area (Å²) in [6, 6.07) is 5.47. The van der Waals surface area contributed by atoms with Gasteiger partial charge in [0.05, 0.1) is 10.6 Å². The van der Waals surface area contributed by atoms with Crippen molar-refractivity contribution in [1.29, 1.82) is 0 Å². The standard InChI is InChI=1S/C13H16BrClN2O/c1-8-4-5-16-7-12(8)17-13(18)10-6-9(14)2-3-11(10)15/h2-3,6,8,12,16H,4-5,7H2,1H3,(H,17,18). The molecule has 1 aliphatic heterocycles. The molecule has 1 saturated heterocycles.